The molecule has 3 aromatic carbocycles. The second-order valence-electron chi connectivity index (χ2n) is 9.22. The van der Waals surface area contributed by atoms with Crippen molar-refractivity contribution in [1.82, 2.24) is 24.6 Å². The molecule has 6 nitrogen and oxygen atoms in total. The molecule has 0 saturated carbocycles. The van der Waals surface area contributed by atoms with Gasteiger partial charge in [-0.25, -0.2) is 14.6 Å². The van der Waals surface area contributed by atoms with Crippen molar-refractivity contribution in [3.8, 4) is 0 Å². The maximum absolute atomic E-state index is 6.41. The topological polar surface area (TPSA) is 50.1 Å². The smallest absolute Gasteiger partial charge is 0.163 e. The van der Waals surface area contributed by atoms with Crippen molar-refractivity contribution in [1.29, 1.82) is 0 Å². The van der Waals surface area contributed by atoms with E-state index < -0.39 is 0 Å². The van der Waals surface area contributed by atoms with E-state index in [-0.39, 0.29) is 6.04 Å². The molecule has 0 bridgehead atoms. The van der Waals surface area contributed by atoms with Crippen molar-refractivity contribution in [2.24, 2.45) is 0 Å². The predicted molar refractivity (Wildman–Crippen MR) is 149 cm³/mol. The summed E-state index contributed by atoms with van der Waals surface area (Å²) in [6.45, 7) is 4.11. The molecule has 2 aromatic heterocycles. The first kappa shape index (κ1) is 23.9. The van der Waals surface area contributed by atoms with Crippen LogP contribution in [-0.2, 0) is 6.54 Å². The van der Waals surface area contributed by atoms with Crippen LogP contribution in [0.15, 0.2) is 91.4 Å². The SMILES string of the molecule is Clc1ccc(Cn2ncc3c(N4CCN(C(c5ccccc5)c5ccccc5)CC4)ncnc32)c(Cl)c1. The van der Waals surface area contributed by atoms with E-state index >= 15 is 0 Å². The Morgan fingerprint density at radius 3 is 2.11 bits per heavy atom. The zero-order valence-electron chi connectivity index (χ0n) is 20.2. The third-order valence-corrected chi connectivity index (χ3v) is 7.54. The summed E-state index contributed by atoms with van der Waals surface area (Å²) in [6.07, 6.45) is 3.49. The lowest BCUT2D eigenvalue weighted by atomic mass is 9.96. The first-order valence-corrected chi connectivity index (χ1v) is 13.1. The van der Waals surface area contributed by atoms with Gasteiger partial charge in [0.2, 0.25) is 0 Å². The summed E-state index contributed by atoms with van der Waals surface area (Å²) in [7, 11) is 0. The Morgan fingerprint density at radius 1 is 0.784 bits per heavy atom. The van der Waals surface area contributed by atoms with Gasteiger partial charge in [-0.2, -0.15) is 5.10 Å². The Labute approximate surface area is 226 Å². The average molecular weight is 529 g/mol. The highest BCUT2D eigenvalue weighted by atomic mass is 35.5. The molecular formula is C29H26Cl2N6. The summed E-state index contributed by atoms with van der Waals surface area (Å²) in [5.74, 6) is 0.925. The highest BCUT2D eigenvalue weighted by Gasteiger charge is 2.28. The van der Waals surface area contributed by atoms with Gasteiger partial charge in [-0.3, -0.25) is 4.90 Å². The van der Waals surface area contributed by atoms with E-state index in [1.165, 1.54) is 11.1 Å². The van der Waals surface area contributed by atoms with Gasteiger partial charge < -0.3 is 4.90 Å². The summed E-state index contributed by atoms with van der Waals surface area (Å²) in [5.41, 5.74) is 4.37. The van der Waals surface area contributed by atoms with Crippen LogP contribution in [0.4, 0.5) is 5.82 Å². The van der Waals surface area contributed by atoms with E-state index in [1.807, 2.05) is 23.0 Å². The molecule has 8 heteroatoms. The van der Waals surface area contributed by atoms with Gasteiger partial charge in [0.1, 0.15) is 12.1 Å². The molecule has 0 N–H and O–H groups in total. The summed E-state index contributed by atoms with van der Waals surface area (Å²) >= 11 is 12.5. The molecule has 1 aliphatic heterocycles. The van der Waals surface area contributed by atoms with Crippen molar-refractivity contribution in [2.75, 3.05) is 31.1 Å². The number of benzene rings is 3. The number of aromatic nitrogens is 4. The molecule has 1 fully saturated rings. The molecule has 0 unspecified atom stereocenters. The van der Waals surface area contributed by atoms with Crippen molar-refractivity contribution in [3.63, 3.8) is 0 Å². The number of hydrogen-bond donors (Lipinski definition) is 0. The number of anilines is 1. The van der Waals surface area contributed by atoms with Crippen LogP contribution in [0.5, 0.6) is 0 Å². The highest BCUT2D eigenvalue weighted by molar-refractivity contribution is 6.35. The summed E-state index contributed by atoms with van der Waals surface area (Å²) in [5, 5.41) is 6.80. The third kappa shape index (κ3) is 4.92. The fourth-order valence-electron chi connectivity index (χ4n) is 5.14. The lowest BCUT2D eigenvalue weighted by Crippen LogP contribution is -2.48. The van der Waals surface area contributed by atoms with Crippen molar-refractivity contribution in [3.05, 3.63) is 118 Å². The Balaban J connectivity index is 1.23. The van der Waals surface area contributed by atoms with Crippen molar-refractivity contribution in [2.45, 2.75) is 12.6 Å². The van der Waals surface area contributed by atoms with E-state index in [1.54, 1.807) is 12.4 Å². The van der Waals surface area contributed by atoms with Crippen LogP contribution in [-0.4, -0.2) is 50.8 Å². The number of halogens is 2. The monoisotopic (exact) mass is 528 g/mol. The zero-order valence-corrected chi connectivity index (χ0v) is 21.7. The summed E-state index contributed by atoms with van der Waals surface area (Å²) in [6, 6.07) is 27.3. The van der Waals surface area contributed by atoms with Crippen LogP contribution in [0.1, 0.15) is 22.7 Å². The van der Waals surface area contributed by atoms with Gasteiger partial charge in [-0.1, -0.05) is 89.9 Å². The number of hydrogen-bond acceptors (Lipinski definition) is 5. The number of piperazine rings is 1. The maximum atomic E-state index is 6.41. The summed E-state index contributed by atoms with van der Waals surface area (Å²) < 4.78 is 1.87. The van der Waals surface area contributed by atoms with E-state index in [0.717, 1.165) is 48.6 Å². The molecule has 0 radical (unpaired) electrons. The highest BCUT2D eigenvalue weighted by Crippen LogP contribution is 2.31. The molecule has 37 heavy (non-hydrogen) atoms. The number of rotatable bonds is 6. The molecule has 6 rings (SSSR count). The third-order valence-electron chi connectivity index (χ3n) is 6.96. The Morgan fingerprint density at radius 2 is 1.46 bits per heavy atom. The Hall–Kier alpha value is -3.45. The van der Waals surface area contributed by atoms with Gasteiger partial charge in [0.25, 0.3) is 0 Å². The van der Waals surface area contributed by atoms with Crippen LogP contribution < -0.4 is 4.90 Å². The van der Waals surface area contributed by atoms with Gasteiger partial charge in [-0.05, 0) is 28.8 Å². The fraction of sp³-hybridized carbons (Fsp3) is 0.207. The molecule has 5 aromatic rings. The molecule has 1 saturated heterocycles. The van der Waals surface area contributed by atoms with Crippen LogP contribution in [0.25, 0.3) is 11.0 Å². The molecule has 3 heterocycles. The van der Waals surface area contributed by atoms with Crippen LogP contribution in [0, 0.1) is 0 Å². The van der Waals surface area contributed by atoms with E-state index in [2.05, 4.69) is 85.5 Å². The largest absolute Gasteiger partial charge is 0.353 e. The van der Waals surface area contributed by atoms with E-state index in [0.29, 0.717) is 16.6 Å². The van der Waals surface area contributed by atoms with Crippen molar-refractivity contribution < 1.29 is 0 Å². The second-order valence-corrected chi connectivity index (χ2v) is 10.1. The molecule has 1 aliphatic rings. The molecule has 0 spiro atoms. The fourth-order valence-corrected chi connectivity index (χ4v) is 5.60. The first-order valence-electron chi connectivity index (χ1n) is 12.4. The summed E-state index contributed by atoms with van der Waals surface area (Å²) in [4.78, 5) is 14.1. The predicted octanol–water partition coefficient (Wildman–Crippen LogP) is 6.09. The molecule has 0 aliphatic carbocycles. The van der Waals surface area contributed by atoms with E-state index in [4.69, 9.17) is 23.2 Å². The minimum atomic E-state index is 0.224. The molecule has 0 amide bonds. The second kappa shape index (κ2) is 10.5. The van der Waals surface area contributed by atoms with Crippen LogP contribution in [0.2, 0.25) is 10.0 Å². The number of nitrogens with zero attached hydrogens (tertiary/aromatic N) is 6. The quantitative estimate of drug-likeness (QED) is 0.266. The molecule has 186 valence electrons. The first-order chi connectivity index (χ1) is 18.2. The standard InChI is InChI=1S/C29H26Cl2N6/c30-24-12-11-23(26(31)17-24)19-37-29-25(18-34-37)28(32-20-33-29)36-15-13-35(14-16-36)27(21-7-3-1-4-8-21)22-9-5-2-6-10-22/h1-12,17-18,20,27H,13-16,19H2. The number of fused-ring (bicyclic) bond motifs is 1. The lowest BCUT2D eigenvalue weighted by molar-refractivity contribution is 0.212. The van der Waals surface area contributed by atoms with Gasteiger partial charge in [-0.15, -0.1) is 0 Å². The molecule has 0 atom stereocenters. The van der Waals surface area contributed by atoms with Crippen LogP contribution >= 0.6 is 23.2 Å². The lowest BCUT2D eigenvalue weighted by Gasteiger charge is -2.40. The van der Waals surface area contributed by atoms with Gasteiger partial charge in [0, 0.05) is 36.2 Å². The minimum absolute atomic E-state index is 0.224. The Bertz CT molecular complexity index is 1460. The van der Waals surface area contributed by atoms with Gasteiger partial charge >= 0.3 is 0 Å². The van der Waals surface area contributed by atoms with Gasteiger partial charge in [0.15, 0.2) is 5.65 Å². The van der Waals surface area contributed by atoms with Crippen molar-refractivity contribution >= 4 is 40.1 Å². The minimum Gasteiger partial charge on any atom is -0.353 e. The van der Waals surface area contributed by atoms with Gasteiger partial charge in [0.05, 0.1) is 24.2 Å². The van der Waals surface area contributed by atoms with E-state index in [9.17, 15) is 0 Å². The zero-order chi connectivity index (χ0) is 25.2. The molecular weight excluding hydrogens is 503 g/mol. The maximum Gasteiger partial charge on any atom is 0.163 e. The Kier molecular flexibility index (Phi) is 6.79. The van der Waals surface area contributed by atoms with Crippen LogP contribution in [0.3, 0.4) is 0 Å². The normalized spacial score (nSPS) is 14.5. The average Bonchev–Trinajstić information content (AvgIpc) is 3.35.